The third kappa shape index (κ3) is 8.80. The average molecular weight is 198 g/mol. The van der Waals surface area contributed by atoms with Gasteiger partial charge in [0.1, 0.15) is 6.61 Å². The van der Waals surface area contributed by atoms with Crippen molar-refractivity contribution in [2.75, 3.05) is 33.8 Å². The number of nitrogens with one attached hydrogen (secondary N) is 1. The van der Waals surface area contributed by atoms with Crippen molar-refractivity contribution in [2.45, 2.75) is 0 Å². The van der Waals surface area contributed by atoms with Crippen LogP contribution in [0.25, 0.3) is 0 Å². The van der Waals surface area contributed by atoms with Gasteiger partial charge in [-0.05, 0) is 20.2 Å². The summed E-state index contributed by atoms with van der Waals surface area (Å²) in [4.78, 5) is 13.0. The van der Waals surface area contributed by atoms with Gasteiger partial charge in [-0.15, -0.1) is 0 Å². The fraction of sp³-hybridized carbons (Fsp3) is 0.500. The molecule has 0 heterocycles. The molecule has 0 aromatic rings. The number of rotatable bonds is 6. The molecule has 0 radical (unpaired) electrons. The lowest BCUT2D eigenvalue weighted by Crippen LogP contribution is -2.31. The summed E-state index contributed by atoms with van der Waals surface area (Å²) in [6, 6.07) is 0. The molecule has 1 amide bonds. The van der Waals surface area contributed by atoms with Crippen molar-refractivity contribution in [1.82, 2.24) is 10.2 Å². The lowest BCUT2D eigenvalue weighted by atomic mass is 10.5. The number of nitrogens with zero attached hydrogens (tertiary/aromatic N) is 1. The van der Waals surface area contributed by atoms with Crippen LogP contribution in [0.1, 0.15) is 0 Å². The molecule has 4 nitrogen and oxygen atoms in total. The highest BCUT2D eigenvalue weighted by atomic mass is 16.5. The Balaban J connectivity index is 3.37. The number of amides is 1. The summed E-state index contributed by atoms with van der Waals surface area (Å²) >= 11 is 0. The molecule has 0 aromatic heterocycles. The third-order valence-corrected chi connectivity index (χ3v) is 1.41. The molecule has 0 saturated heterocycles. The minimum atomic E-state index is -0.388. The molecule has 0 unspecified atom stereocenters. The SMILES string of the molecule is C=CC=CCOC(=O)NCCN(C)C. The van der Waals surface area contributed by atoms with E-state index in [0.29, 0.717) is 6.54 Å². The zero-order valence-corrected chi connectivity index (χ0v) is 8.82. The molecular weight excluding hydrogens is 180 g/mol. The van der Waals surface area contributed by atoms with Gasteiger partial charge >= 0.3 is 6.09 Å². The van der Waals surface area contributed by atoms with Gasteiger partial charge in [-0.1, -0.05) is 18.7 Å². The minimum Gasteiger partial charge on any atom is -0.445 e. The van der Waals surface area contributed by atoms with E-state index in [-0.39, 0.29) is 12.7 Å². The molecule has 0 aromatic carbocycles. The van der Waals surface area contributed by atoms with Crippen molar-refractivity contribution >= 4 is 6.09 Å². The highest BCUT2D eigenvalue weighted by Crippen LogP contribution is 1.81. The van der Waals surface area contributed by atoms with Gasteiger partial charge in [-0.2, -0.15) is 0 Å². The smallest absolute Gasteiger partial charge is 0.407 e. The second-order valence-corrected chi connectivity index (χ2v) is 2.99. The average Bonchev–Trinajstić information content (AvgIpc) is 2.12. The first-order valence-corrected chi connectivity index (χ1v) is 4.49. The molecule has 0 spiro atoms. The van der Waals surface area contributed by atoms with Crippen molar-refractivity contribution in [2.24, 2.45) is 0 Å². The molecule has 0 rings (SSSR count). The van der Waals surface area contributed by atoms with Crippen molar-refractivity contribution < 1.29 is 9.53 Å². The number of allylic oxidation sites excluding steroid dienone is 2. The first-order chi connectivity index (χ1) is 6.66. The predicted molar refractivity (Wildman–Crippen MR) is 57.2 cm³/mol. The maximum absolute atomic E-state index is 11.0. The maximum atomic E-state index is 11.0. The Morgan fingerprint density at radius 3 is 2.86 bits per heavy atom. The lowest BCUT2D eigenvalue weighted by Gasteiger charge is -2.09. The van der Waals surface area contributed by atoms with E-state index < -0.39 is 0 Å². The number of carbonyl (C=O) groups excluding carboxylic acids is 1. The molecule has 14 heavy (non-hydrogen) atoms. The topological polar surface area (TPSA) is 41.6 Å². The van der Waals surface area contributed by atoms with Gasteiger partial charge in [0.2, 0.25) is 0 Å². The Kier molecular flexibility index (Phi) is 7.55. The fourth-order valence-electron chi connectivity index (χ4n) is 0.708. The number of hydrogen-bond acceptors (Lipinski definition) is 3. The fourth-order valence-corrected chi connectivity index (χ4v) is 0.708. The van der Waals surface area contributed by atoms with Gasteiger partial charge in [-0.3, -0.25) is 0 Å². The quantitative estimate of drug-likeness (QED) is 0.648. The van der Waals surface area contributed by atoms with E-state index in [9.17, 15) is 4.79 Å². The Bertz CT molecular complexity index is 200. The molecule has 0 saturated carbocycles. The molecule has 0 atom stereocenters. The number of likely N-dealkylation sites (N-methyl/N-ethyl adjacent to an activating group) is 1. The lowest BCUT2D eigenvalue weighted by molar-refractivity contribution is 0.157. The highest BCUT2D eigenvalue weighted by molar-refractivity contribution is 5.67. The monoisotopic (exact) mass is 198 g/mol. The number of hydrogen-bond donors (Lipinski definition) is 1. The Labute approximate surface area is 85.2 Å². The number of carbonyl (C=O) groups is 1. The first-order valence-electron chi connectivity index (χ1n) is 4.49. The molecule has 0 bridgehead atoms. The summed E-state index contributed by atoms with van der Waals surface area (Å²) in [7, 11) is 3.89. The predicted octanol–water partition coefficient (Wildman–Crippen LogP) is 1.02. The summed E-state index contributed by atoms with van der Waals surface area (Å²) in [5.74, 6) is 0. The second-order valence-electron chi connectivity index (χ2n) is 2.99. The second kappa shape index (κ2) is 8.31. The summed E-state index contributed by atoms with van der Waals surface area (Å²) in [6.07, 6.45) is 4.69. The van der Waals surface area contributed by atoms with Crippen molar-refractivity contribution in [3.05, 3.63) is 24.8 Å². The van der Waals surface area contributed by atoms with E-state index in [0.717, 1.165) is 6.54 Å². The normalized spacial score (nSPS) is 10.5. The van der Waals surface area contributed by atoms with Gasteiger partial charge in [0, 0.05) is 13.1 Å². The van der Waals surface area contributed by atoms with Crippen LogP contribution in [0.2, 0.25) is 0 Å². The third-order valence-electron chi connectivity index (χ3n) is 1.41. The summed E-state index contributed by atoms with van der Waals surface area (Å²) in [6.45, 7) is 5.17. The van der Waals surface area contributed by atoms with Crippen LogP contribution < -0.4 is 5.32 Å². The van der Waals surface area contributed by atoms with Crippen LogP contribution in [0.15, 0.2) is 24.8 Å². The van der Waals surface area contributed by atoms with Crippen LogP contribution in [0.5, 0.6) is 0 Å². The molecule has 0 aliphatic carbocycles. The van der Waals surface area contributed by atoms with E-state index in [4.69, 9.17) is 4.74 Å². The standard InChI is InChI=1S/C10H18N2O2/c1-4-5-6-9-14-10(13)11-7-8-12(2)3/h4-6H,1,7-9H2,2-3H3,(H,11,13). The largest absolute Gasteiger partial charge is 0.445 e. The van der Waals surface area contributed by atoms with Gasteiger partial charge < -0.3 is 15.0 Å². The summed E-state index contributed by atoms with van der Waals surface area (Å²) in [5, 5.41) is 2.63. The number of ether oxygens (including phenoxy) is 1. The van der Waals surface area contributed by atoms with Crippen molar-refractivity contribution in [3.8, 4) is 0 Å². The van der Waals surface area contributed by atoms with Gasteiger partial charge in [0.05, 0.1) is 0 Å². The molecule has 4 heteroatoms. The summed E-state index contributed by atoms with van der Waals surface area (Å²) in [5.41, 5.74) is 0. The molecule has 1 N–H and O–H groups in total. The van der Waals surface area contributed by atoms with E-state index in [1.165, 1.54) is 0 Å². The van der Waals surface area contributed by atoms with E-state index >= 15 is 0 Å². The van der Waals surface area contributed by atoms with Gasteiger partial charge in [0.15, 0.2) is 0 Å². The van der Waals surface area contributed by atoms with E-state index in [1.807, 2.05) is 19.0 Å². The zero-order valence-electron chi connectivity index (χ0n) is 8.82. The Morgan fingerprint density at radius 2 is 2.29 bits per heavy atom. The molecule has 80 valence electrons. The van der Waals surface area contributed by atoms with Crippen LogP contribution in [0.3, 0.4) is 0 Å². The van der Waals surface area contributed by atoms with Crippen molar-refractivity contribution in [3.63, 3.8) is 0 Å². The van der Waals surface area contributed by atoms with Crippen LogP contribution in [0.4, 0.5) is 4.79 Å². The minimum absolute atomic E-state index is 0.278. The molecular formula is C10H18N2O2. The van der Waals surface area contributed by atoms with E-state index in [1.54, 1.807) is 18.2 Å². The molecule has 0 aliphatic heterocycles. The Hall–Kier alpha value is -1.29. The van der Waals surface area contributed by atoms with Crippen LogP contribution in [0, 0.1) is 0 Å². The number of alkyl carbamates (subject to hydrolysis) is 1. The van der Waals surface area contributed by atoms with Crippen LogP contribution >= 0.6 is 0 Å². The van der Waals surface area contributed by atoms with Crippen LogP contribution in [-0.2, 0) is 4.74 Å². The molecule has 0 aliphatic rings. The first kappa shape index (κ1) is 12.7. The zero-order chi connectivity index (χ0) is 10.8. The Morgan fingerprint density at radius 1 is 1.57 bits per heavy atom. The van der Waals surface area contributed by atoms with E-state index in [2.05, 4.69) is 11.9 Å². The van der Waals surface area contributed by atoms with Crippen LogP contribution in [-0.4, -0.2) is 44.8 Å². The van der Waals surface area contributed by atoms with Gasteiger partial charge in [-0.25, -0.2) is 4.79 Å². The highest BCUT2D eigenvalue weighted by Gasteiger charge is 1.98. The van der Waals surface area contributed by atoms with Crippen molar-refractivity contribution in [1.29, 1.82) is 0 Å². The van der Waals surface area contributed by atoms with Gasteiger partial charge in [0.25, 0.3) is 0 Å². The molecule has 0 fully saturated rings. The maximum Gasteiger partial charge on any atom is 0.407 e. The summed E-state index contributed by atoms with van der Waals surface area (Å²) < 4.78 is 4.82.